The number of nitrogens with one attached hydrogen (secondary N) is 1. The van der Waals surface area contributed by atoms with Gasteiger partial charge in [-0.2, -0.15) is 0 Å². The van der Waals surface area contributed by atoms with Crippen molar-refractivity contribution in [2.24, 2.45) is 0 Å². The number of carbonyl (C=O) groups excluding carboxylic acids is 2. The lowest BCUT2D eigenvalue weighted by atomic mass is 10.3. The van der Waals surface area contributed by atoms with E-state index in [0.717, 1.165) is 0 Å². The summed E-state index contributed by atoms with van der Waals surface area (Å²) in [5.41, 5.74) is 0.376. The summed E-state index contributed by atoms with van der Waals surface area (Å²) < 4.78 is 6.86. The molecule has 0 atom stereocenters. The number of hydrogen-bond acceptors (Lipinski definition) is 7. The molecule has 23 heavy (non-hydrogen) atoms. The van der Waals surface area contributed by atoms with Crippen molar-refractivity contribution < 1.29 is 14.3 Å². The number of thiophene rings is 1. The second-order valence-corrected chi connectivity index (χ2v) is 6.69. The van der Waals surface area contributed by atoms with E-state index in [-0.39, 0.29) is 17.7 Å². The van der Waals surface area contributed by atoms with Gasteiger partial charge < -0.3 is 14.6 Å². The Morgan fingerprint density at radius 2 is 2.26 bits per heavy atom. The van der Waals surface area contributed by atoms with Crippen molar-refractivity contribution in [2.45, 2.75) is 32.0 Å². The minimum Gasteiger partial charge on any atom is -0.462 e. The molecule has 0 unspecified atom stereocenters. The Balaban J connectivity index is 1.94. The Bertz CT molecular complexity index is 681. The summed E-state index contributed by atoms with van der Waals surface area (Å²) in [4.78, 5) is 23.9. The fourth-order valence-corrected chi connectivity index (χ4v) is 3.39. The fraction of sp³-hybridized carbons (Fsp3) is 0.429. The lowest BCUT2D eigenvalue weighted by Gasteiger charge is -2.09. The first kappa shape index (κ1) is 17.5. The summed E-state index contributed by atoms with van der Waals surface area (Å²) in [5, 5.41) is 13.5. The smallest absolute Gasteiger partial charge is 0.341 e. The lowest BCUT2D eigenvalue weighted by molar-refractivity contribution is -0.113. The molecule has 0 aliphatic heterocycles. The zero-order chi connectivity index (χ0) is 16.8. The Hall–Kier alpha value is -1.87. The average molecular weight is 354 g/mol. The number of carbonyl (C=O) groups is 2. The predicted octanol–water partition coefficient (Wildman–Crippen LogP) is 2.83. The number of aromatic nitrogens is 3. The van der Waals surface area contributed by atoms with E-state index in [1.807, 2.05) is 18.4 Å². The molecule has 0 spiro atoms. The van der Waals surface area contributed by atoms with Crippen LogP contribution in [0.5, 0.6) is 0 Å². The zero-order valence-corrected chi connectivity index (χ0v) is 14.7. The van der Waals surface area contributed by atoms with E-state index < -0.39 is 5.97 Å². The first-order valence-corrected chi connectivity index (χ1v) is 8.96. The molecule has 0 fully saturated rings. The molecule has 7 nitrogen and oxygen atoms in total. The molecular weight excluding hydrogens is 336 g/mol. The molecule has 2 aromatic rings. The molecule has 0 saturated carbocycles. The second kappa shape index (κ2) is 8.11. The molecule has 124 valence electrons. The molecule has 0 aliphatic carbocycles. The Morgan fingerprint density at radius 3 is 2.96 bits per heavy atom. The summed E-state index contributed by atoms with van der Waals surface area (Å²) in [6.07, 6.45) is 1.64. The number of hydrogen-bond donors (Lipinski definition) is 1. The topological polar surface area (TPSA) is 86.1 Å². The summed E-state index contributed by atoms with van der Waals surface area (Å²) in [6, 6.07) is 1.86. The number of ether oxygens (including phenoxy) is 1. The largest absolute Gasteiger partial charge is 0.462 e. The minimum atomic E-state index is -0.434. The van der Waals surface area contributed by atoms with Crippen LogP contribution in [0.2, 0.25) is 0 Å². The summed E-state index contributed by atoms with van der Waals surface area (Å²) in [7, 11) is 0. The standard InChI is InChI=1S/C14H18N4O3S2/c1-4-21-13(20)10-5-6-22-12(10)16-11(19)7-23-14-17-15-8-18(14)9(2)3/h5-6,8-9H,4,7H2,1-3H3,(H,16,19). The molecule has 0 aliphatic rings. The van der Waals surface area contributed by atoms with Crippen LogP contribution in [0.1, 0.15) is 37.2 Å². The van der Waals surface area contributed by atoms with Crippen LogP contribution in [0.15, 0.2) is 22.9 Å². The van der Waals surface area contributed by atoms with Gasteiger partial charge in [-0.25, -0.2) is 4.79 Å². The number of rotatable bonds is 7. The van der Waals surface area contributed by atoms with Crippen LogP contribution in [0.3, 0.4) is 0 Å². The van der Waals surface area contributed by atoms with Gasteiger partial charge in [0.25, 0.3) is 0 Å². The maximum Gasteiger partial charge on any atom is 0.341 e. The molecule has 2 heterocycles. The van der Waals surface area contributed by atoms with Crippen LogP contribution >= 0.6 is 23.1 Å². The van der Waals surface area contributed by atoms with E-state index >= 15 is 0 Å². The number of amides is 1. The van der Waals surface area contributed by atoms with Gasteiger partial charge in [0.2, 0.25) is 5.91 Å². The van der Waals surface area contributed by atoms with E-state index in [9.17, 15) is 9.59 Å². The summed E-state index contributed by atoms with van der Waals surface area (Å²) in [5.74, 6) is -0.455. The van der Waals surface area contributed by atoms with Crippen LogP contribution < -0.4 is 5.32 Å². The highest BCUT2D eigenvalue weighted by Crippen LogP contribution is 2.25. The van der Waals surface area contributed by atoms with Gasteiger partial charge in [-0.1, -0.05) is 11.8 Å². The van der Waals surface area contributed by atoms with Gasteiger partial charge in [0, 0.05) is 6.04 Å². The third-order valence-electron chi connectivity index (χ3n) is 2.84. The predicted molar refractivity (Wildman–Crippen MR) is 90.0 cm³/mol. The highest BCUT2D eigenvalue weighted by atomic mass is 32.2. The molecule has 0 bridgehead atoms. The number of nitrogens with zero attached hydrogens (tertiary/aromatic N) is 3. The van der Waals surface area contributed by atoms with Crippen LogP contribution in [-0.2, 0) is 9.53 Å². The van der Waals surface area contributed by atoms with Crippen molar-refractivity contribution in [3.63, 3.8) is 0 Å². The van der Waals surface area contributed by atoms with E-state index in [2.05, 4.69) is 15.5 Å². The third-order valence-corrected chi connectivity index (χ3v) is 4.63. The normalized spacial score (nSPS) is 10.8. The molecule has 1 amide bonds. The molecule has 1 N–H and O–H groups in total. The van der Waals surface area contributed by atoms with E-state index in [0.29, 0.717) is 22.3 Å². The van der Waals surface area contributed by atoms with Crippen molar-refractivity contribution in [3.8, 4) is 0 Å². The average Bonchev–Trinajstić information content (AvgIpc) is 3.14. The summed E-state index contributed by atoms with van der Waals surface area (Å²) in [6.45, 7) is 6.07. The molecule has 2 aromatic heterocycles. The van der Waals surface area contributed by atoms with Gasteiger partial charge in [0.1, 0.15) is 11.3 Å². The quantitative estimate of drug-likeness (QED) is 0.608. The molecule has 2 rings (SSSR count). The van der Waals surface area contributed by atoms with Crippen molar-refractivity contribution in [2.75, 3.05) is 17.7 Å². The van der Waals surface area contributed by atoms with Gasteiger partial charge in [-0.05, 0) is 32.2 Å². The van der Waals surface area contributed by atoms with Gasteiger partial charge in [-0.15, -0.1) is 21.5 Å². The number of thioether (sulfide) groups is 1. The van der Waals surface area contributed by atoms with Gasteiger partial charge in [0.15, 0.2) is 5.16 Å². The molecule has 0 saturated heterocycles. The van der Waals surface area contributed by atoms with Crippen molar-refractivity contribution in [3.05, 3.63) is 23.3 Å². The number of anilines is 1. The van der Waals surface area contributed by atoms with Crippen LogP contribution in [0, 0.1) is 0 Å². The lowest BCUT2D eigenvalue weighted by Crippen LogP contribution is -2.16. The van der Waals surface area contributed by atoms with Gasteiger partial charge in [-0.3, -0.25) is 4.79 Å². The zero-order valence-electron chi connectivity index (χ0n) is 13.1. The van der Waals surface area contributed by atoms with Crippen molar-refractivity contribution in [1.82, 2.24) is 14.8 Å². The minimum absolute atomic E-state index is 0.186. The first-order valence-electron chi connectivity index (χ1n) is 7.09. The number of esters is 1. The summed E-state index contributed by atoms with van der Waals surface area (Å²) >= 11 is 2.59. The van der Waals surface area contributed by atoms with Gasteiger partial charge in [0.05, 0.1) is 17.9 Å². The van der Waals surface area contributed by atoms with Crippen molar-refractivity contribution >= 4 is 40.0 Å². The van der Waals surface area contributed by atoms with E-state index in [1.54, 1.807) is 24.7 Å². The Labute approximate surface area is 142 Å². The highest BCUT2D eigenvalue weighted by molar-refractivity contribution is 7.99. The van der Waals surface area contributed by atoms with E-state index in [1.165, 1.54) is 23.1 Å². The fourth-order valence-electron chi connectivity index (χ4n) is 1.76. The van der Waals surface area contributed by atoms with Crippen molar-refractivity contribution in [1.29, 1.82) is 0 Å². The van der Waals surface area contributed by atoms with Crippen LogP contribution in [0.4, 0.5) is 5.00 Å². The van der Waals surface area contributed by atoms with Gasteiger partial charge >= 0.3 is 5.97 Å². The first-order chi connectivity index (χ1) is 11.0. The highest BCUT2D eigenvalue weighted by Gasteiger charge is 2.17. The molecule has 0 radical (unpaired) electrons. The Kier molecular flexibility index (Phi) is 6.17. The third kappa shape index (κ3) is 4.55. The van der Waals surface area contributed by atoms with Crippen LogP contribution in [0.25, 0.3) is 0 Å². The SMILES string of the molecule is CCOC(=O)c1ccsc1NC(=O)CSc1nncn1C(C)C. The Morgan fingerprint density at radius 1 is 1.48 bits per heavy atom. The maximum atomic E-state index is 12.1. The van der Waals surface area contributed by atoms with E-state index in [4.69, 9.17) is 4.74 Å². The molecule has 0 aromatic carbocycles. The maximum absolute atomic E-state index is 12.1. The monoisotopic (exact) mass is 354 g/mol. The molecular formula is C14H18N4O3S2. The second-order valence-electron chi connectivity index (χ2n) is 4.84. The molecule has 9 heteroatoms. The van der Waals surface area contributed by atoms with Crippen LogP contribution in [-0.4, -0.2) is 39.0 Å².